The molecule has 1 N–H and O–H groups in total. The summed E-state index contributed by atoms with van der Waals surface area (Å²) in [5, 5.41) is 2.80. The Labute approximate surface area is 156 Å². The number of aromatic nitrogens is 1. The molecule has 0 spiro atoms. The molecule has 1 aromatic carbocycles. The molecule has 2 aromatic rings. The Morgan fingerprint density at radius 3 is 2.58 bits per heavy atom. The van der Waals surface area contributed by atoms with Gasteiger partial charge in [-0.2, -0.15) is 0 Å². The molecule has 3 rings (SSSR count). The molecule has 7 nitrogen and oxygen atoms in total. The second-order valence-electron chi connectivity index (χ2n) is 5.87. The molecule has 1 aliphatic rings. The molecule has 0 radical (unpaired) electrons. The summed E-state index contributed by atoms with van der Waals surface area (Å²) in [6.45, 7) is 2.93. The number of sulfone groups is 1. The zero-order valence-corrected chi connectivity index (χ0v) is 15.7. The highest BCUT2D eigenvalue weighted by molar-refractivity contribution is 7.90. The number of nitrogens with one attached hydrogen (secondary N) is 1. The van der Waals surface area contributed by atoms with Crippen molar-refractivity contribution in [2.24, 2.45) is 0 Å². The summed E-state index contributed by atoms with van der Waals surface area (Å²) >= 11 is 6.04. The predicted molar refractivity (Wildman–Crippen MR) is 99.8 cm³/mol. The number of rotatable bonds is 4. The summed E-state index contributed by atoms with van der Waals surface area (Å²) in [4.78, 5) is 18.9. The molecule has 1 fully saturated rings. The first-order chi connectivity index (χ1) is 12.3. The number of carbonyl (C=O) groups excluding carboxylic acids is 1. The van der Waals surface area contributed by atoms with Crippen LogP contribution in [-0.2, 0) is 14.6 Å². The molecule has 0 aliphatic carbocycles. The lowest BCUT2D eigenvalue weighted by Gasteiger charge is -2.28. The molecule has 0 atom stereocenters. The molecule has 1 saturated heterocycles. The van der Waals surface area contributed by atoms with Crippen molar-refractivity contribution >= 4 is 38.9 Å². The average molecular weight is 396 g/mol. The summed E-state index contributed by atoms with van der Waals surface area (Å²) in [5.74, 6) is -0.167. The van der Waals surface area contributed by atoms with Crippen molar-refractivity contribution in [3.63, 3.8) is 0 Å². The summed E-state index contributed by atoms with van der Waals surface area (Å²) < 4.78 is 28.6. The molecule has 138 valence electrons. The molecule has 0 saturated carbocycles. The van der Waals surface area contributed by atoms with Crippen LogP contribution >= 0.6 is 11.6 Å². The lowest BCUT2D eigenvalue weighted by molar-refractivity contribution is 0.102. The molecule has 0 unspecified atom stereocenters. The smallest absolute Gasteiger partial charge is 0.258 e. The minimum Gasteiger partial charge on any atom is -0.378 e. The highest BCUT2D eigenvalue weighted by Gasteiger charge is 2.16. The number of halogens is 1. The SMILES string of the molecule is CS(=O)(=O)c1ccc(Cl)c(C(=O)Nc2ccc(N3CCOCC3)cn2)c1. The largest absolute Gasteiger partial charge is 0.378 e. The maximum atomic E-state index is 12.4. The van der Waals surface area contributed by atoms with E-state index in [0.29, 0.717) is 19.0 Å². The quantitative estimate of drug-likeness (QED) is 0.853. The van der Waals surface area contributed by atoms with E-state index in [2.05, 4.69) is 15.2 Å². The van der Waals surface area contributed by atoms with Gasteiger partial charge in [-0.25, -0.2) is 13.4 Å². The molecule has 2 heterocycles. The fourth-order valence-corrected chi connectivity index (χ4v) is 3.41. The topological polar surface area (TPSA) is 88.6 Å². The number of amides is 1. The highest BCUT2D eigenvalue weighted by Crippen LogP contribution is 2.22. The predicted octanol–water partition coefficient (Wildman–Crippen LogP) is 2.23. The first-order valence-electron chi connectivity index (χ1n) is 7.94. The number of hydrogen-bond acceptors (Lipinski definition) is 6. The fraction of sp³-hybridized carbons (Fsp3) is 0.294. The number of ether oxygens (including phenoxy) is 1. The van der Waals surface area contributed by atoms with Gasteiger partial charge in [0.05, 0.1) is 40.6 Å². The summed E-state index contributed by atoms with van der Waals surface area (Å²) in [5.41, 5.74) is 1.03. The normalized spacial score (nSPS) is 14.9. The summed E-state index contributed by atoms with van der Waals surface area (Å²) in [6.07, 6.45) is 2.75. The summed E-state index contributed by atoms with van der Waals surface area (Å²) in [6, 6.07) is 7.57. The monoisotopic (exact) mass is 395 g/mol. The average Bonchev–Trinajstić information content (AvgIpc) is 2.62. The van der Waals surface area contributed by atoms with Crippen LogP contribution in [0, 0.1) is 0 Å². The van der Waals surface area contributed by atoms with E-state index in [1.807, 2.05) is 6.07 Å². The molecule has 1 aromatic heterocycles. The van der Waals surface area contributed by atoms with Crippen molar-refractivity contribution < 1.29 is 17.9 Å². The van der Waals surface area contributed by atoms with E-state index in [1.54, 1.807) is 12.3 Å². The lowest BCUT2D eigenvalue weighted by atomic mass is 10.2. The second kappa shape index (κ2) is 7.61. The van der Waals surface area contributed by atoms with Gasteiger partial charge < -0.3 is 15.0 Å². The number of benzene rings is 1. The van der Waals surface area contributed by atoms with Gasteiger partial charge in [-0.05, 0) is 30.3 Å². The minimum absolute atomic E-state index is 0.0303. The molecule has 1 amide bonds. The Kier molecular flexibility index (Phi) is 5.45. The second-order valence-corrected chi connectivity index (χ2v) is 8.29. The zero-order chi connectivity index (χ0) is 18.7. The maximum Gasteiger partial charge on any atom is 0.258 e. The Morgan fingerprint density at radius 2 is 1.96 bits per heavy atom. The van der Waals surface area contributed by atoms with E-state index in [9.17, 15) is 13.2 Å². The Morgan fingerprint density at radius 1 is 1.23 bits per heavy atom. The van der Waals surface area contributed by atoms with Crippen molar-refractivity contribution in [3.05, 3.63) is 47.1 Å². The Hall–Kier alpha value is -2.16. The van der Waals surface area contributed by atoms with E-state index < -0.39 is 15.7 Å². The van der Waals surface area contributed by atoms with E-state index in [0.717, 1.165) is 25.0 Å². The Balaban J connectivity index is 1.75. The first kappa shape index (κ1) is 18.6. The zero-order valence-electron chi connectivity index (χ0n) is 14.1. The number of morpholine rings is 1. The van der Waals surface area contributed by atoms with Crippen LogP contribution in [0.1, 0.15) is 10.4 Å². The van der Waals surface area contributed by atoms with Crippen LogP contribution in [0.4, 0.5) is 11.5 Å². The number of pyridine rings is 1. The van der Waals surface area contributed by atoms with Gasteiger partial charge in [-0.3, -0.25) is 4.79 Å². The highest BCUT2D eigenvalue weighted by atomic mass is 35.5. The van der Waals surface area contributed by atoms with E-state index in [1.165, 1.54) is 18.2 Å². The molecular weight excluding hydrogens is 378 g/mol. The van der Waals surface area contributed by atoms with Crippen LogP contribution in [0.15, 0.2) is 41.4 Å². The van der Waals surface area contributed by atoms with Crippen molar-refractivity contribution in [2.45, 2.75) is 4.90 Å². The number of nitrogens with zero attached hydrogens (tertiary/aromatic N) is 2. The van der Waals surface area contributed by atoms with Gasteiger partial charge in [-0.1, -0.05) is 11.6 Å². The molecule has 1 aliphatic heterocycles. The number of carbonyl (C=O) groups is 1. The number of anilines is 2. The van der Waals surface area contributed by atoms with Crippen LogP contribution < -0.4 is 10.2 Å². The molecular formula is C17H18ClN3O4S. The maximum absolute atomic E-state index is 12.4. The van der Waals surface area contributed by atoms with Crippen molar-refractivity contribution in [2.75, 3.05) is 42.8 Å². The van der Waals surface area contributed by atoms with E-state index in [-0.39, 0.29) is 15.5 Å². The molecule has 26 heavy (non-hydrogen) atoms. The van der Waals surface area contributed by atoms with Gasteiger partial charge in [0.2, 0.25) is 0 Å². The molecule has 0 bridgehead atoms. The van der Waals surface area contributed by atoms with Crippen LogP contribution in [0.2, 0.25) is 5.02 Å². The van der Waals surface area contributed by atoms with Gasteiger partial charge in [-0.15, -0.1) is 0 Å². The van der Waals surface area contributed by atoms with Crippen LogP contribution in [0.25, 0.3) is 0 Å². The van der Waals surface area contributed by atoms with Crippen LogP contribution in [0.3, 0.4) is 0 Å². The molecule has 9 heteroatoms. The van der Waals surface area contributed by atoms with Crippen LogP contribution in [-0.4, -0.2) is 51.9 Å². The van der Waals surface area contributed by atoms with Gasteiger partial charge >= 0.3 is 0 Å². The Bertz CT molecular complexity index is 910. The van der Waals surface area contributed by atoms with Gasteiger partial charge in [0.25, 0.3) is 5.91 Å². The third kappa shape index (κ3) is 4.32. The first-order valence-corrected chi connectivity index (χ1v) is 10.2. The minimum atomic E-state index is -3.44. The third-order valence-corrected chi connectivity index (χ3v) is 5.42. The third-order valence-electron chi connectivity index (χ3n) is 3.98. The summed E-state index contributed by atoms with van der Waals surface area (Å²) in [7, 11) is -3.44. The van der Waals surface area contributed by atoms with E-state index >= 15 is 0 Å². The van der Waals surface area contributed by atoms with Gasteiger partial charge in [0, 0.05) is 19.3 Å². The van der Waals surface area contributed by atoms with Crippen molar-refractivity contribution in [1.82, 2.24) is 4.98 Å². The van der Waals surface area contributed by atoms with Crippen molar-refractivity contribution in [1.29, 1.82) is 0 Å². The number of hydrogen-bond donors (Lipinski definition) is 1. The van der Waals surface area contributed by atoms with E-state index in [4.69, 9.17) is 16.3 Å². The van der Waals surface area contributed by atoms with Crippen LogP contribution in [0.5, 0.6) is 0 Å². The van der Waals surface area contributed by atoms with Crippen molar-refractivity contribution in [3.8, 4) is 0 Å². The fourth-order valence-electron chi connectivity index (χ4n) is 2.56. The van der Waals surface area contributed by atoms with Gasteiger partial charge in [0.1, 0.15) is 5.82 Å². The van der Waals surface area contributed by atoms with Gasteiger partial charge in [0.15, 0.2) is 9.84 Å². The lowest BCUT2D eigenvalue weighted by Crippen LogP contribution is -2.36. The standard InChI is InChI=1S/C17H18ClN3O4S/c1-26(23,24)13-3-4-15(18)14(10-13)17(22)20-16-5-2-12(11-19-16)21-6-8-25-9-7-21/h2-5,10-11H,6-9H2,1H3,(H,19,20,22).